The van der Waals surface area contributed by atoms with E-state index in [2.05, 4.69) is 25.5 Å². The van der Waals surface area contributed by atoms with Gasteiger partial charge in [-0.15, -0.1) is 10.2 Å². The van der Waals surface area contributed by atoms with Gasteiger partial charge in [-0.2, -0.15) is 0 Å². The van der Waals surface area contributed by atoms with Gasteiger partial charge in [0.1, 0.15) is 6.33 Å². The van der Waals surface area contributed by atoms with Crippen molar-refractivity contribution in [2.24, 2.45) is 5.92 Å². The number of aromatic nitrogens is 5. The molecule has 1 N–H and O–H groups in total. The maximum absolute atomic E-state index is 12.4. The molecule has 3 aromatic rings. The molecule has 4 heterocycles. The summed E-state index contributed by atoms with van der Waals surface area (Å²) in [6, 6.07) is 3.97. The van der Waals surface area contributed by atoms with Crippen LogP contribution in [-0.2, 0) is 4.79 Å². The van der Waals surface area contributed by atoms with Crippen molar-refractivity contribution in [2.45, 2.75) is 19.4 Å². The van der Waals surface area contributed by atoms with E-state index < -0.39 is 0 Å². The summed E-state index contributed by atoms with van der Waals surface area (Å²) in [6.07, 6.45) is 9.25. The van der Waals surface area contributed by atoms with Crippen molar-refractivity contribution in [3.8, 4) is 0 Å². The highest BCUT2D eigenvalue weighted by Gasteiger charge is 2.39. The van der Waals surface area contributed by atoms with Gasteiger partial charge in [0.2, 0.25) is 11.6 Å². The van der Waals surface area contributed by atoms with Crippen molar-refractivity contribution >= 4 is 17.4 Å². The summed E-state index contributed by atoms with van der Waals surface area (Å²) in [4.78, 5) is 22.9. The predicted octanol–water partition coefficient (Wildman–Crippen LogP) is 1.54. The maximum atomic E-state index is 12.4. The van der Waals surface area contributed by atoms with Crippen LogP contribution in [0.3, 0.4) is 0 Å². The second-order valence-electron chi connectivity index (χ2n) is 6.09. The average Bonchev–Trinajstić information content (AvgIpc) is 3.24. The van der Waals surface area contributed by atoms with Crippen molar-refractivity contribution in [1.29, 1.82) is 0 Å². The summed E-state index contributed by atoms with van der Waals surface area (Å²) in [6.45, 7) is 3.32. The van der Waals surface area contributed by atoms with Crippen LogP contribution in [0.2, 0.25) is 0 Å². The minimum atomic E-state index is 0.0244. The molecular formula is C17H19N7O. The van der Waals surface area contributed by atoms with Gasteiger partial charge >= 0.3 is 0 Å². The average molecular weight is 337 g/mol. The Hall–Kier alpha value is -3.03. The first kappa shape index (κ1) is 15.5. The van der Waals surface area contributed by atoms with E-state index in [1.807, 2.05) is 34.6 Å². The van der Waals surface area contributed by atoms with Crippen molar-refractivity contribution in [3.05, 3.63) is 48.8 Å². The highest BCUT2D eigenvalue weighted by atomic mass is 16.2. The van der Waals surface area contributed by atoms with Gasteiger partial charge in [-0.05, 0) is 18.6 Å². The molecule has 1 saturated heterocycles. The summed E-state index contributed by atoms with van der Waals surface area (Å²) in [5.41, 5.74) is 1.74. The molecule has 1 aliphatic heterocycles. The third kappa shape index (κ3) is 2.79. The number of fused-ring (bicyclic) bond motifs is 1. The first-order chi connectivity index (χ1) is 12.3. The SMILES string of the molecule is CCN1C(=O)C[C@@H](CNc2nccn3cnnc23)[C@@H]1c1cccnc1. The number of rotatable bonds is 5. The molecule has 25 heavy (non-hydrogen) atoms. The van der Waals surface area contributed by atoms with E-state index in [0.717, 1.165) is 5.56 Å². The molecule has 2 atom stereocenters. The van der Waals surface area contributed by atoms with Crippen LogP contribution in [0.4, 0.5) is 5.82 Å². The van der Waals surface area contributed by atoms with Gasteiger partial charge in [0.25, 0.3) is 0 Å². The van der Waals surface area contributed by atoms with Crippen LogP contribution in [0.15, 0.2) is 43.2 Å². The molecule has 4 rings (SSSR count). The minimum Gasteiger partial charge on any atom is -0.367 e. The van der Waals surface area contributed by atoms with Gasteiger partial charge in [-0.1, -0.05) is 6.07 Å². The Bertz CT molecular complexity index is 879. The summed E-state index contributed by atoms with van der Waals surface area (Å²) in [5, 5.41) is 11.3. The van der Waals surface area contributed by atoms with E-state index in [1.165, 1.54) is 0 Å². The number of pyridine rings is 1. The molecule has 1 aliphatic rings. The third-order valence-electron chi connectivity index (χ3n) is 4.65. The second kappa shape index (κ2) is 6.46. The molecule has 0 saturated carbocycles. The lowest BCUT2D eigenvalue weighted by Gasteiger charge is -2.27. The number of hydrogen-bond acceptors (Lipinski definition) is 6. The molecule has 0 aromatic carbocycles. The first-order valence-corrected chi connectivity index (χ1v) is 8.35. The number of carbonyl (C=O) groups is 1. The number of nitrogens with zero attached hydrogens (tertiary/aromatic N) is 6. The Morgan fingerprint density at radius 2 is 2.28 bits per heavy atom. The molecular weight excluding hydrogens is 318 g/mol. The standard InChI is InChI=1S/C17H19N7O/c1-2-24-14(25)8-13(15(24)12-4-3-5-18-9-12)10-20-16-17-22-21-11-23(17)7-6-19-16/h3-7,9,11,13,15H,2,8,10H2,1H3,(H,19,20)/t13-,15-/m0/s1. The van der Waals surface area contributed by atoms with Crippen LogP contribution in [0.25, 0.3) is 5.65 Å². The zero-order valence-corrected chi connectivity index (χ0v) is 13.9. The molecule has 8 heteroatoms. The fraction of sp³-hybridized carbons (Fsp3) is 0.353. The topological polar surface area (TPSA) is 88.3 Å². The Kier molecular flexibility index (Phi) is 4.01. The van der Waals surface area contributed by atoms with Crippen LogP contribution < -0.4 is 5.32 Å². The Labute approximate surface area is 144 Å². The fourth-order valence-corrected chi connectivity index (χ4v) is 3.53. The number of hydrogen-bond donors (Lipinski definition) is 1. The monoisotopic (exact) mass is 337 g/mol. The van der Waals surface area contributed by atoms with Crippen LogP contribution in [0.5, 0.6) is 0 Å². The predicted molar refractivity (Wildman–Crippen MR) is 91.7 cm³/mol. The Morgan fingerprint density at radius 3 is 3.08 bits per heavy atom. The van der Waals surface area contributed by atoms with Crippen LogP contribution in [0.1, 0.15) is 24.9 Å². The Balaban J connectivity index is 1.58. The van der Waals surface area contributed by atoms with Gasteiger partial charge in [-0.3, -0.25) is 14.2 Å². The molecule has 0 unspecified atom stereocenters. The van der Waals surface area contributed by atoms with Crippen LogP contribution in [-0.4, -0.2) is 48.5 Å². The van der Waals surface area contributed by atoms with E-state index in [4.69, 9.17) is 0 Å². The van der Waals surface area contributed by atoms with Crippen molar-refractivity contribution in [2.75, 3.05) is 18.4 Å². The lowest BCUT2D eigenvalue weighted by Crippen LogP contribution is -2.30. The number of carbonyl (C=O) groups excluding carboxylic acids is 1. The molecule has 8 nitrogen and oxygen atoms in total. The van der Waals surface area contributed by atoms with Crippen molar-refractivity contribution in [3.63, 3.8) is 0 Å². The maximum Gasteiger partial charge on any atom is 0.223 e. The molecule has 3 aromatic heterocycles. The molecule has 0 aliphatic carbocycles. The summed E-state index contributed by atoms with van der Waals surface area (Å²) < 4.78 is 1.81. The molecule has 1 fully saturated rings. The highest BCUT2D eigenvalue weighted by Crippen LogP contribution is 2.37. The first-order valence-electron chi connectivity index (χ1n) is 8.35. The number of amides is 1. The smallest absolute Gasteiger partial charge is 0.223 e. The molecule has 128 valence electrons. The Morgan fingerprint density at radius 1 is 1.36 bits per heavy atom. The van der Waals surface area contributed by atoms with E-state index in [0.29, 0.717) is 31.0 Å². The molecule has 0 bridgehead atoms. The largest absolute Gasteiger partial charge is 0.367 e. The van der Waals surface area contributed by atoms with Gasteiger partial charge < -0.3 is 10.2 Å². The van der Waals surface area contributed by atoms with Crippen LogP contribution in [0, 0.1) is 5.92 Å². The van der Waals surface area contributed by atoms with Gasteiger partial charge in [0.15, 0.2) is 5.82 Å². The second-order valence-corrected chi connectivity index (χ2v) is 6.09. The van der Waals surface area contributed by atoms with Crippen LogP contribution >= 0.6 is 0 Å². The fourth-order valence-electron chi connectivity index (χ4n) is 3.53. The van der Waals surface area contributed by atoms with Gasteiger partial charge in [0.05, 0.1) is 6.04 Å². The lowest BCUT2D eigenvalue weighted by molar-refractivity contribution is -0.128. The highest BCUT2D eigenvalue weighted by molar-refractivity contribution is 5.79. The summed E-state index contributed by atoms with van der Waals surface area (Å²) in [5.74, 6) is 0.991. The van der Waals surface area contributed by atoms with E-state index in [-0.39, 0.29) is 17.9 Å². The van der Waals surface area contributed by atoms with Gasteiger partial charge in [-0.25, -0.2) is 4.98 Å². The van der Waals surface area contributed by atoms with E-state index in [9.17, 15) is 4.79 Å². The lowest BCUT2D eigenvalue weighted by atomic mass is 9.94. The quantitative estimate of drug-likeness (QED) is 0.760. The zero-order valence-electron chi connectivity index (χ0n) is 13.9. The van der Waals surface area contributed by atoms with Crippen molar-refractivity contribution in [1.82, 2.24) is 29.5 Å². The van der Waals surface area contributed by atoms with E-state index >= 15 is 0 Å². The molecule has 0 spiro atoms. The minimum absolute atomic E-state index is 0.0244. The molecule has 1 amide bonds. The number of nitrogens with one attached hydrogen (secondary N) is 1. The normalized spacial score (nSPS) is 20.4. The van der Waals surface area contributed by atoms with Gasteiger partial charge in [0, 0.05) is 50.2 Å². The number of likely N-dealkylation sites (tertiary alicyclic amines) is 1. The van der Waals surface area contributed by atoms with E-state index in [1.54, 1.807) is 24.9 Å². The third-order valence-corrected chi connectivity index (χ3v) is 4.65. The zero-order chi connectivity index (χ0) is 17.2. The molecule has 0 radical (unpaired) electrons. The number of anilines is 1. The summed E-state index contributed by atoms with van der Waals surface area (Å²) >= 11 is 0. The summed E-state index contributed by atoms with van der Waals surface area (Å²) in [7, 11) is 0. The van der Waals surface area contributed by atoms with Crippen molar-refractivity contribution < 1.29 is 4.79 Å².